The molecule has 0 aliphatic rings. The molecule has 0 bridgehead atoms. The molecular formula is C13H12Cl3NS. The molecule has 3 N–H and O–H groups in total. The summed E-state index contributed by atoms with van der Waals surface area (Å²) in [5.74, 6) is 0.517. The quantitative estimate of drug-likeness (QED) is 0.843. The predicted molar refractivity (Wildman–Crippen MR) is 74.1 cm³/mol. The lowest BCUT2D eigenvalue weighted by Crippen LogP contribution is -3.00. The Morgan fingerprint density at radius 1 is 1.06 bits per heavy atom. The summed E-state index contributed by atoms with van der Waals surface area (Å²) in [5.41, 5.74) is 6.06. The van der Waals surface area contributed by atoms with Crippen LogP contribution >= 0.6 is 35.0 Å². The van der Waals surface area contributed by atoms with Crippen molar-refractivity contribution in [3.05, 3.63) is 53.1 Å². The summed E-state index contributed by atoms with van der Waals surface area (Å²) in [4.78, 5) is 2.27. The molecule has 0 aliphatic carbocycles. The van der Waals surface area contributed by atoms with E-state index in [1.54, 1.807) is 11.8 Å². The van der Waals surface area contributed by atoms with Gasteiger partial charge in [0.1, 0.15) is 5.69 Å². The van der Waals surface area contributed by atoms with E-state index < -0.39 is 0 Å². The van der Waals surface area contributed by atoms with E-state index in [2.05, 4.69) is 11.8 Å². The topological polar surface area (TPSA) is 27.6 Å². The van der Waals surface area contributed by atoms with Crippen LogP contribution in [0.15, 0.2) is 52.3 Å². The van der Waals surface area contributed by atoms with Crippen LogP contribution in [0.4, 0.5) is 5.69 Å². The minimum Gasteiger partial charge on any atom is -1.00 e. The summed E-state index contributed by atoms with van der Waals surface area (Å²) in [6.45, 7) is 0. The summed E-state index contributed by atoms with van der Waals surface area (Å²) in [5, 5.41) is 0.713. The zero-order valence-corrected chi connectivity index (χ0v) is 12.6. The average Bonchev–Trinajstić information content (AvgIpc) is 2.33. The first-order valence-corrected chi connectivity index (χ1v) is 6.87. The van der Waals surface area contributed by atoms with Crippen LogP contribution in [0, 0.1) is 0 Å². The second kappa shape index (κ2) is 7.27. The first kappa shape index (κ1) is 15.7. The summed E-state index contributed by atoms with van der Waals surface area (Å²) in [6.07, 6.45) is 0. The fraction of sp³-hybridized carbons (Fsp3) is 0.0769. The van der Waals surface area contributed by atoms with Gasteiger partial charge in [-0.05, 0) is 23.8 Å². The van der Waals surface area contributed by atoms with Gasteiger partial charge in [0.05, 0.1) is 4.90 Å². The highest BCUT2D eigenvalue weighted by molar-refractivity contribution is 7.99. The van der Waals surface area contributed by atoms with Crippen molar-refractivity contribution in [2.75, 3.05) is 0 Å². The number of hydrogen-bond donors (Lipinski definition) is 1. The van der Waals surface area contributed by atoms with Gasteiger partial charge in [-0.25, -0.2) is 0 Å². The van der Waals surface area contributed by atoms with Crippen molar-refractivity contribution >= 4 is 40.7 Å². The highest BCUT2D eigenvalue weighted by Crippen LogP contribution is 2.35. The van der Waals surface area contributed by atoms with E-state index in [0.29, 0.717) is 10.9 Å². The number of halogens is 3. The molecule has 0 aliphatic heterocycles. The predicted octanol–water partition coefficient (Wildman–Crippen LogP) is 1.11. The molecule has 0 aromatic heterocycles. The Kier molecular flexibility index (Phi) is 6.33. The van der Waals surface area contributed by atoms with Crippen LogP contribution in [0.2, 0.25) is 5.02 Å². The molecule has 0 amide bonds. The molecule has 5 heteroatoms. The average molecular weight is 321 g/mol. The normalized spacial score (nSPS) is 9.94. The van der Waals surface area contributed by atoms with E-state index in [0.717, 1.165) is 21.0 Å². The van der Waals surface area contributed by atoms with E-state index in [9.17, 15) is 0 Å². The molecule has 0 fully saturated rings. The molecule has 0 saturated heterocycles. The molecule has 0 atom stereocenters. The molecule has 18 heavy (non-hydrogen) atoms. The molecule has 2 aromatic rings. The van der Waals surface area contributed by atoms with Crippen molar-refractivity contribution < 1.29 is 18.1 Å². The van der Waals surface area contributed by atoms with Gasteiger partial charge < -0.3 is 18.1 Å². The van der Waals surface area contributed by atoms with Gasteiger partial charge in [-0.2, -0.15) is 0 Å². The van der Waals surface area contributed by atoms with E-state index in [1.165, 1.54) is 0 Å². The molecule has 0 heterocycles. The smallest absolute Gasteiger partial charge is 0.143 e. The minimum absolute atomic E-state index is 0. The third-order valence-corrected chi connectivity index (χ3v) is 4.12. The number of quaternary nitrogens is 1. The number of rotatable bonds is 3. The first-order valence-electron chi connectivity index (χ1n) is 5.14. The lowest BCUT2D eigenvalue weighted by molar-refractivity contribution is -0.258. The first-order chi connectivity index (χ1) is 8.20. The Balaban J connectivity index is 0.00000162. The van der Waals surface area contributed by atoms with Gasteiger partial charge in [0.15, 0.2) is 0 Å². The van der Waals surface area contributed by atoms with Crippen molar-refractivity contribution in [3.8, 4) is 0 Å². The fourth-order valence-electron chi connectivity index (χ4n) is 1.48. The van der Waals surface area contributed by atoms with Crippen molar-refractivity contribution in [3.63, 3.8) is 0 Å². The third-order valence-electron chi connectivity index (χ3n) is 2.36. The molecule has 0 radical (unpaired) electrons. The van der Waals surface area contributed by atoms with E-state index in [-0.39, 0.29) is 12.4 Å². The van der Waals surface area contributed by atoms with Crippen LogP contribution in [-0.2, 0) is 5.88 Å². The molecule has 2 rings (SSSR count). The lowest BCUT2D eigenvalue weighted by atomic mass is 10.2. The van der Waals surface area contributed by atoms with Crippen LogP contribution in [0.3, 0.4) is 0 Å². The molecule has 0 spiro atoms. The summed E-state index contributed by atoms with van der Waals surface area (Å²) >= 11 is 13.5. The molecular weight excluding hydrogens is 309 g/mol. The minimum atomic E-state index is 0. The van der Waals surface area contributed by atoms with E-state index in [1.807, 2.05) is 36.4 Å². The Bertz CT molecular complexity index is 531. The Labute approximate surface area is 127 Å². The van der Waals surface area contributed by atoms with E-state index in [4.69, 9.17) is 23.2 Å². The van der Waals surface area contributed by atoms with Crippen molar-refractivity contribution in [1.29, 1.82) is 0 Å². The standard InChI is InChI=1S/C13H11Cl2NS.ClH/c14-8-9-3-1-2-4-12(9)17-13-6-5-10(15)7-11(13)16;/h1-7H,8,16H2;1H. The summed E-state index contributed by atoms with van der Waals surface area (Å²) < 4.78 is 0. The van der Waals surface area contributed by atoms with Crippen LogP contribution in [0.5, 0.6) is 0 Å². The zero-order valence-electron chi connectivity index (χ0n) is 9.50. The largest absolute Gasteiger partial charge is 1.00 e. The zero-order chi connectivity index (χ0) is 12.3. The highest BCUT2D eigenvalue weighted by atomic mass is 35.5. The maximum atomic E-state index is 5.91. The van der Waals surface area contributed by atoms with Crippen LogP contribution < -0.4 is 18.1 Å². The van der Waals surface area contributed by atoms with Gasteiger partial charge in [0.25, 0.3) is 0 Å². The van der Waals surface area contributed by atoms with Crippen molar-refractivity contribution in [2.45, 2.75) is 15.7 Å². The second-order valence-corrected chi connectivity index (χ2v) is 5.38. The Hall–Kier alpha value is -0.380. The highest BCUT2D eigenvalue weighted by Gasteiger charge is 2.08. The number of benzene rings is 2. The van der Waals surface area contributed by atoms with Gasteiger partial charge in [0.2, 0.25) is 0 Å². The van der Waals surface area contributed by atoms with Crippen LogP contribution in [0.1, 0.15) is 5.56 Å². The van der Waals surface area contributed by atoms with Crippen molar-refractivity contribution in [1.82, 2.24) is 0 Å². The van der Waals surface area contributed by atoms with Gasteiger partial charge in [0, 0.05) is 21.9 Å². The molecule has 2 aromatic carbocycles. The number of hydrogen-bond acceptors (Lipinski definition) is 1. The second-order valence-electron chi connectivity index (χ2n) is 3.60. The van der Waals surface area contributed by atoms with Gasteiger partial charge in [-0.1, -0.05) is 41.6 Å². The Morgan fingerprint density at radius 2 is 1.78 bits per heavy atom. The van der Waals surface area contributed by atoms with Crippen LogP contribution in [-0.4, -0.2) is 0 Å². The van der Waals surface area contributed by atoms with E-state index >= 15 is 0 Å². The third kappa shape index (κ3) is 3.81. The van der Waals surface area contributed by atoms with Gasteiger partial charge in [-0.3, -0.25) is 0 Å². The SMILES string of the molecule is [Cl-].[NH3+]c1cc(Cl)ccc1Sc1ccccc1CCl. The van der Waals surface area contributed by atoms with Gasteiger partial charge >= 0.3 is 0 Å². The summed E-state index contributed by atoms with van der Waals surface area (Å²) in [6, 6.07) is 13.8. The molecule has 0 saturated carbocycles. The maximum absolute atomic E-state index is 5.91. The van der Waals surface area contributed by atoms with Crippen molar-refractivity contribution in [2.24, 2.45) is 0 Å². The maximum Gasteiger partial charge on any atom is 0.143 e. The number of alkyl halides is 1. The Morgan fingerprint density at radius 3 is 2.44 bits per heavy atom. The molecule has 96 valence electrons. The molecule has 1 nitrogen and oxygen atoms in total. The monoisotopic (exact) mass is 319 g/mol. The lowest BCUT2D eigenvalue weighted by Gasteiger charge is -2.07. The fourth-order valence-corrected chi connectivity index (χ4v) is 2.97. The summed E-state index contributed by atoms with van der Waals surface area (Å²) in [7, 11) is 0. The van der Waals surface area contributed by atoms with Crippen LogP contribution in [0.25, 0.3) is 0 Å². The van der Waals surface area contributed by atoms with Gasteiger partial charge in [-0.15, -0.1) is 11.6 Å². The molecule has 0 unspecified atom stereocenters.